The molecule has 2 atom stereocenters. The van der Waals surface area contributed by atoms with Crippen LogP contribution in [0, 0.1) is 11.6 Å². The summed E-state index contributed by atoms with van der Waals surface area (Å²) in [7, 11) is 0. The lowest BCUT2D eigenvalue weighted by atomic mass is 9.82. The Kier molecular flexibility index (Phi) is 4.66. The van der Waals surface area contributed by atoms with Crippen LogP contribution in [0.4, 0.5) is 8.78 Å². The van der Waals surface area contributed by atoms with Crippen LogP contribution in [-0.4, -0.2) is 63.2 Å². The van der Waals surface area contributed by atoms with E-state index in [2.05, 4.69) is 15.4 Å². The number of ether oxygens (including phenoxy) is 1. The number of amides is 2. The summed E-state index contributed by atoms with van der Waals surface area (Å²) in [6.07, 6.45) is 3.49. The molecule has 2 aliphatic heterocycles. The second-order valence-electron chi connectivity index (χ2n) is 7.87. The predicted octanol–water partition coefficient (Wildman–Crippen LogP) is 1.52. The fourth-order valence-electron chi connectivity index (χ4n) is 4.38. The molecular formula is C21H19F2N5O3. The van der Waals surface area contributed by atoms with Crippen LogP contribution in [0.1, 0.15) is 28.4 Å². The molecule has 2 aliphatic rings. The molecule has 10 heteroatoms. The Morgan fingerprint density at radius 1 is 1.26 bits per heavy atom. The predicted molar refractivity (Wildman–Crippen MR) is 104 cm³/mol. The summed E-state index contributed by atoms with van der Waals surface area (Å²) in [4.78, 5) is 31.3. The highest BCUT2D eigenvalue weighted by Gasteiger charge is 2.51. The van der Waals surface area contributed by atoms with Crippen molar-refractivity contribution in [3.63, 3.8) is 0 Å². The zero-order valence-electron chi connectivity index (χ0n) is 16.4. The highest BCUT2D eigenvalue weighted by Crippen LogP contribution is 2.38. The fourth-order valence-corrected chi connectivity index (χ4v) is 4.38. The quantitative estimate of drug-likeness (QED) is 0.670. The highest BCUT2D eigenvalue weighted by molar-refractivity contribution is 5.94. The zero-order valence-corrected chi connectivity index (χ0v) is 16.4. The normalized spacial score (nSPS) is 23.9. The summed E-state index contributed by atoms with van der Waals surface area (Å²) in [5, 5.41) is 7.27. The van der Waals surface area contributed by atoms with Gasteiger partial charge in [-0.3, -0.25) is 9.59 Å². The standard InChI is InChI=1S/C21H19F2N5O3/c22-15-3-2-13(8-16(15)23)14-10-27(11-21(14)12-31-7-4-19(29)25-21)20(30)17-9-18-24-5-1-6-28(18)26-17/h1-3,5-6,8-9,14H,4,7,10-12H2,(H,25,29)/t14-,21-/m0/s1. The summed E-state index contributed by atoms with van der Waals surface area (Å²) in [6, 6.07) is 6.93. The van der Waals surface area contributed by atoms with E-state index in [-0.39, 0.29) is 50.2 Å². The number of nitrogens with one attached hydrogen (secondary N) is 1. The van der Waals surface area contributed by atoms with Crippen molar-refractivity contribution in [1.82, 2.24) is 24.8 Å². The number of rotatable bonds is 2. The molecular weight excluding hydrogens is 408 g/mol. The van der Waals surface area contributed by atoms with Gasteiger partial charge in [0, 0.05) is 43.9 Å². The number of carbonyl (C=O) groups is 2. The first-order valence-electron chi connectivity index (χ1n) is 9.89. The van der Waals surface area contributed by atoms with Crippen LogP contribution in [0.2, 0.25) is 0 Å². The van der Waals surface area contributed by atoms with Crippen LogP contribution in [0.3, 0.4) is 0 Å². The van der Waals surface area contributed by atoms with Crippen LogP contribution in [0.15, 0.2) is 42.7 Å². The smallest absolute Gasteiger partial charge is 0.274 e. The van der Waals surface area contributed by atoms with E-state index in [1.807, 2.05) is 0 Å². The molecule has 1 aromatic carbocycles. The molecule has 0 unspecified atom stereocenters. The largest absolute Gasteiger partial charge is 0.378 e. The minimum atomic E-state index is -0.982. The summed E-state index contributed by atoms with van der Waals surface area (Å²) >= 11 is 0. The van der Waals surface area contributed by atoms with Crippen molar-refractivity contribution in [3.8, 4) is 0 Å². The van der Waals surface area contributed by atoms with Gasteiger partial charge in [-0.1, -0.05) is 6.07 Å². The molecule has 4 heterocycles. The molecule has 2 saturated heterocycles. The number of carbonyl (C=O) groups excluding carboxylic acids is 2. The van der Waals surface area contributed by atoms with E-state index in [0.29, 0.717) is 11.2 Å². The minimum Gasteiger partial charge on any atom is -0.378 e. The fraction of sp³-hybridized carbons (Fsp3) is 0.333. The Bertz CT molecular complexity index is 1150. The Morgan fingerprint density at radius 3 is 2.94 bits per heavy atom. The third kappa shape index (κ3) is 3.42. The van der Waals surface area contributed by atoms with Crippen LogP contribution >= 0.6 is 0 Å². The lowest BCUT2D eigenvalue weighted by Gasteiger charge is -2.33. The molecule has 8 nitrogen and oxygen atoms in total. The van der Waals surface area contributed by atoms with Gasteiger partial charge in [0.15, 0.2) is 23.0 Å². The minimum absolute atomic E-state index is 0.152. The van der Waals surface area contributed by atoms with Gasteiger partial charge in [-0.2, -0.15) is 5.10 Å². The van der Waals surface area contributed by atoms with E-state index in [0.717, 1.165) is 12.1 Å². The number of benzene rings is 1. The first-order chi connectivity index (χ1) is 14.9. The Hall–Kier alpha value is -3.40. The number of halogens is 2. The van der Waals surface area contributed by atoms with Crippen LogP contribution in [0.5, 0.6) is 0 Å². The molecule has 1 N–H and O–H groups in total. The molecule has 0 radical (unpaired) electrons. The molecule has 0 saturated carbocycles. The average molecular weight is 427 g/mol. The Balaban J connectivity index is 1.52. The van der Waals surface area contributed by atoms with E-state index in [4.69, 9.17) is 4.74 Å². The second-order valence-corrected chi connectivity index (χ2v) is 7.87. The molecule has 5 rings (SSSR count). The summed E-state index contributed by atoms with van der Waals surface area (Å²) in [5.74, 6) is -2.97. The zero-order chi connectivity index (χ0) is 21.6. The van der Waals surface area contributed by atoms with Crippen LogP contribution in [0.25, 0.3) is 5.65 Å². The highest BCUT2D eigenvalue weighted by atomic mass is 19.2. The maximum Gasteiger partial charge on any atom is 0.274 e. The van der Waals surface area contributed by atoms with Crippen molar-refractivity contribution in [2.75, 3.05) is 26.3 Å². The lowest BCUT2D eigenvalue weighted by molar-refractivity contribution is -0.122. The molecule has 2 amide bonds. The van der Waals surface area contributed by atoms with Gasteiger partial charge in [-0.15, -0.1) is 0 Å². The molecule has 1 spiro atoms. The van der Waals surface area contributed by atoms with Crippen molar-refractivity contribution >= 4 is 17.5 Å². The van der Waals surface area contributed by atoms with Gasteiger partial charge in [-0.05, 0) is 23.8 Å². The number of likely N-dealkylation sites (tertiary alicyclic amines) is 1. The van der Waals surface area contributed by atoms with Crippen molar-refractivity contribution in [3.05, 3.63) is 65.6 Å². The van der Waals surface area contributed by atoms with E-state index in [1.54, 1.807) is 29.4 Å². The van der Waals surface area contributed by atoms with Crippen molar-refractivity contribution in [2.45, 2.75) is 17.9 Å². The summed E-state index contributed by atoms with van der Waals surface area (Å²) in [5.41, 5.74) is 0.269. The van der Waals surface area contributed by atoms with Crippen LogP contribution in [-0.2, 0) is 9.53 Å². The first kappa shape index (κ1) is 19.6. The van der Waals surface area contributed by atoms with Gasteiger partial charge in [0.1, 0.15) is 0 Å². The second kappa shape index (κ2) is 7.38. The van der Waals surface area contributed by atoms with Crippen molar-refractivity contribution < 1.29 is 23.1 Å². The molecule has 3 aromatic rings. The lowest BCUT2D eigenvalue weighted by Crippen LogP contribution is -2.55. The summed E-state index contributed by atoms with van der Waals surface area (Å²) < 4.78 is 34.7. The van der Waals surface area contributed by atoms with Gasteiger partial charge < -0.3 is 15.0 Å². The molecule has 2 aromatic heterocycles. The molecule has 160 valence electrons. The Morgan fingerprint density at radius 2 is 2.13 bits per heavy atom. The van der Waals surface area contributed by atoms with Crippen molar-refractivity contribution in [1.29, 1.82) is 0 Å². The van der Waals surface area contributed by atoms with E-state index in [9.17, 15) is 18.4 Å². The Labute approximate surface area is 175 Å². The molecule has 0 bridgehead atoms. The van der Waals surface area contributed by atoms with Gasteiger partial charge in [-0.25, -0.2) is 18.3 Å². The number of nitrogens with zero attached hydrogens (tertiary/aromatic N) is 4. The topological polar surface area (TPSA) is 88.8 Å². The van der Waals surface area contributed by atoms with Gasteiger partial charge in [0.05, 0.1) is 18.8 Å². The average Bonchev–Trinajstić information content (AvgIpc) is 3.29. The third-order valence-corrected chi connectivity index (χ3v) is 5.85. The first-order valence-corrected chi connectivity index (χ1v) is 9.89. The van der Waals surface area contributed by atoms with E-state index >= 15 is 0 Å². The summed E-state index contributed by atoms with van der Waals surface area (Å²) in [6.45, 7) is 0.750. The van der Waals surface area contributed by atoms with Gasteiger partial charge in [0.25, 0.3) is 5.91 Å². The number of aromatic nitrogens is 3. The molecule has 31 heavy (non-hydrogen) atoms. The monoisotopic (exact) mass is 427 g/mol. The number of fused-ring (bicyclic) bond motifs is 1. The van der Waals surface area contributed by atoms with Gasteiger partial charge >= 0.3 is 0 Å². The van der Waals surface area contributed by atoms with Crippen molar-refractivity contribution in [2.24, 2.45) is 0 Å². The number of hydrogen-bond acceptors (Lipinski definition) is 5. The van der Waals surface area contributed by atoms with Crippen LogP contribution < -0.4 is 5.32 Å². The SMILES string of the molecule is O=C1CCOC[C@]2(CN(C(=O)c3cc4ncccn4n3)C[C@H]2c2ccc(F)c(F)c2)N1. The van der Waals surface area contributed by atoms with Gasteiger partial charge in [0.2, 0.25) is 5.91 Å². The van der Waals surface area contributed by atoms with E-state index in [1.165, 1.54) is 10.6 Å². The number of hydrogen-bond donors (Lipinski definition) is 1. The third-order valence-electron chi connectivity index (χ3n) is 5.85. The molecule has 2 fully saturated rings. The maximum atomic E-state index is 14.0. The molecule has 0 aliphatic carbocycles. The van der Waals surface area contributed by atoms with E-state index < -0.39 is 23.1 Å². The maximum absolute atomic E-state index is 14.0.